The molecular weight excluding hydrogens is 251 g/mol. The second-order valence-electron chi connectivity index (χ2n) is 3.61. The summed E-state index contributed by atoms with van der Waals surface area (Å²) < 4.78 is 43.0. The molecule has 0 radical (unpaired) electrons. The van der Waals surface area contributed by atoms with Gasteiger partial charge in [0.1, 0.15) is 11.8 Å². The van der Waals surface area contributed by atoms with Crippen LogP contribution in [-0.2, 0) is 11.0 Å². The molecular formula is C11H12F3NO3. The Hall–Kier alpha value is -1.92. The normalized spacial score (nSPS) is 12.9. The maximum absolute atomic E-state index is 12.8. The largest absolute Gasteiger partial charge is 0.497 e. The van der Waals surface area contributed by atoms with Gasteiger partial charge in [-0.2, -0.15) is 13.2 Å². The van der Waals surface area contributed by atoms with Crippen LogP contribution in [0.15, 0.2) is 18.2 Å². The minimum absolute atomic E-state index is 0.0517. The van der Waals surface area contributed by atoms with Gasteiger partial charge in [-0.05, 0) is 25.1 Å². The van der Waals surface area contributed by atoms with Gasteiger partial charge < -0.3 is 15.2 Å². The van der Waals surface area contributed by atoms with Crippen LogP contribution in [0.1, 0.15) is 12.5 Å². The number of anilines is 1. The van der Waals surface area contributed by atoms with Gasteiger partial charge in [0.25, 0.3) is 0 Å². The van der Waals surface area contributed by atoms with Crippen molar-refractivity contribution < 1.29 is 27.8 Å². The van der Waals surface area contributed by atoms with Crippen LogP contribution >= 0.6 is 0 Å². The summed E-state index contributed by atoms with van der Waals surface area (Å²) in [6.07, 6.45) is -4.59. The molecule has 2 N–H and O–H groups in total. The van der Waals surface area contributed by atoms with E-state index >= 15 is 0 Å². The lowest BCUT2D eigenvalue weighted by atomic mass is 10.1. The van der Waals surface area contributed by atoms with Gasteiger partial charge >= 0.3 is 12.1 Å². The van der Waals surface area contributed by atoms with E-state index in [0.717, 1.165) is 12.1 Å². The van der Waals surface area contributed by atoms with Gasteiger partial charge in [0.05, 0.1) is 12.7 Å². The molecule has 0 amide bonds. The molecule has 0 heterocycles. The Kier molecular flexibility index (Phi) is 4.05. The molecule has 7 heteroatoms. The van der Waals surface area contributed by atoms with Gasteiger partial charge in [0, 0.05) is 5.69 Å². The zero-order chi connectivity index (χ0) is 13.9. The molecule has 0 fully saturated rings. The molecule has 0 spiro atoms. The fourth-order valence-corrected chi connectivity index (χ4v) is 1.31. The van der Waals surface area contributed by atoms with Crippen molar-refractivity contribution in [1.82, 2.24) is 0 Å². The van der Waals surface area contributed by atoms with Crippen molar-refractivity contribution in [2.75, 3.05) is 12.4 Å². The zero-order valence-corrected chi connectivity index (χ0v) is 9.71. The van der Waals surface area contributed by atoms with Gasteiger partial charge in [-0.25, -0.2) is 0 Å². The number of alkyl halides is 3. The molecule has 1 unspecified atom stereocenters. The predicted molar refractivity (Wildman–Crippen MR) is 58.7 cm³/mol. The fourth-order valence-electron chi connectivity index (χ4n) is 1.31. The molecule has 0 aliphatic carbocycles. The van der Waals surface area contributed by atoms with Gasteiger partial charge in [0.15, 0.2) is 0 Å². The number of carboxylic acids is 1. The van der Waals surface area contributed by atoms with E-state index in [0.29, 0.717) is 0 Å². The first-order chi connectivity index (χ1) is 8.25. The van der Waals surface area contributed by atoms with Crippen LogP contribution in [-0.4, -0.2) is 24.2 Å². The van der Waals surface area contributed by atoms with E-state index in [2.05, 4.69) is 5.32 Å². The van der Waals surface area contributed by atoms with Crippen molar-refractivity contribution >= 4 is 11.7 Å². The highest BCUT2D eigenvalue weighted by Gasteiger charge is 2.34. The lowest BCUT2D eigenvalue weighted by Crippen LogP contribution is -2.26. The molecule has 0 saturated heterocycles. The SMILES string of the molecule is COc1ccc(NC(C)C(=O)O)c(C(F)(F)F)c1. The van der Waals surface area contributed by atoms with Crippen LogP contribution in [0.25, 0.3) is 0 Å². The quantitative estimate of drug-likeness (QED) is 0.876. The Balaban J connectivity index is 3.14. The third kappa shape index (κ3) is 3.28. The van der Waals surface area contributed by atoms with Gasteiger partial charge in [-0.3, -0.25) is 4.79 Å². The number of aliphatic carboxylic acids is 1. The average Bonchev–Trinajstić information content (AvgIpc) is 2.27. The van der Waals surface area contributed by atoms with Crippen molar-refractivity contribution in [3.63, 3.8) is 0 Å². The molecule has 100 valence electrons. The summed E-state index contributed by atoms with van der Waals surface area (Å²) in [7, 11) is 1.25. The number of rotatable bonds is 4. The lowest BCUT2D eigenvalue weighted by Gasteiger charge is -2.17. The smallest absolute Gasteiger partial charge is 0.418 e. The van der Waals surface area contributed by atoms with Crippen LogP contribution in [0.4, 0.5) is 18.9 Å². The molecule has 1 aromatic carbocycles. The van der Waals surface area contributed by atoms with Crippen LogP contribution in [0.2, 0.25) is 0 Å². The van der Waals surface area contributed by atoms with E-state index in [9.17, 15) is 18.0 Å². The molecule has 0 aromatic heterocycles. The molecule has 0 saturated carbocycles. The van der Waals surface area contributed by atoms with Crippen molar-refractivity contribution in [2.45, 2.75) is 19.1 Å². The van der Waals surface area contributed by atoms with Crippen LogP contribution < -0.4 is 10.1 Å². The number of hydrogen-bond donors (Lipinski definition) is 2. The average molecular weight is 263 g/mol. The van der Waals surface area contributed by atoms with Crippen molar-refractivity contribution in [3.05, 3.63) is 23.8 Å². The van der Waals surface area contributed by atoms with Gasteiger partial charge in [0.2, 0.25) is 0 Å². The maximum atomic E-state index is 12.8. The van der Waals surface area contributed by atoms with Crippen LogP contribution in [0.3, 0.4) is 0 Å². The molecule has 1 atom stereocenters. The number of halogens is 3. The first-order valence-electron chi connectivity index (χ1n) is 5.00. The second-order valence-corrected chi connectivity index (χ2v) is 3.61. The number of benzene rings is 1. The van der Waals surface area contributed by atoms with E-state index < -0.39 is 23.8 Å². The molecule has 1 rings (SSSR count). The fraction of sp³-hybridized carbons (Fsp3) is 0.364. The van der Waals surface area contributed by atoms with E-state index in [1.165, 1.54) is 20.1 Å². The number of methoxy groups -OCH3 is 1. The van der Waals surface area contributed by atoms with Gasteiger partial charge in [-0.15, -0.1) is 0 Å². The Bertz CT molecular complexity index is 446. The minimum Gasteiger partial charge on any atom is -0.497 e. The maximum Gasteiger partial charge on any atom is 0.418 e. The number of ether oxygens (including phenoxy) is 1. The zero-order valence-electron chi connectivity index (χ0n) is 9.71. The lowest BCUT2D eigenvalue weighted by molar-refractivity contribution is -0.139. The van der Waals surface area contributed by atoms with Crippen molar-refractivity contribution in [3.8, 4) is 5.75 Å². The highest BCUT2D eigenvalue weighted by Crippen LogP contribution is 2.37. The summed E-state index contributed by atoms with van der Waals surface area (Å²) in [5, 5.41) is 11.0. The summed E-state index contributed by atoms with van der Waals surface area (Å²) >= 11 is 0. The molecule has 4 nitrogen and oxygen atoms in total. The molecule has 0 aliphatic rings. The first kappa shape index (κ1) is 14.1. The van der Waals surface area contributed by atoms with E-state index in [-0.39, 0.29) is 11.4 Å². The van der Waals surface area contributed by atoms with Crippen LogP contribution in [0.5, 0.6) is 5.75 Å². The number of hydrogen-bond acceptors (Lipinski definition) is 3. The Morgan fingerprint density at radius 1 is 1.44 bits per heavy atom. The first-order valence-corrected chi connectivity index (χ1v) is 5.00. The minimum atomic E-state index is -4.59. The van der Waals surface area contributed by atoms with E-state index in [4.69, 9.17) is 9.84 Å². The summed E-state index contributed by atoms with van der Waals surface area (Å²) in [5.74, 6) is -1.19. The summed E-state index contributed by atoms with van der Waals surface area (Å²) in [4.78, 5) is 10.6. The number of nitrogens with one attached hydrogen (secondary N) is 1. The van der Waals surface area contributed by atoms with E-state index in [1.54, 1.807) is 0 Å². The highest BCUT2D eigenvalue weighted by molar-refractivity contribution is 5.77. The third-order valence-electron chi connectivity index (χ3n) is 2.27. The third-order valence-corrected chi connectivity index (χ3v) is 2.27. The van der Waals surface area contributed by atoms with Gasteiger partial charge in [-0.1, -0.05) is 0 Å². The molecule has 0 bridgehead atoms. The summed E-state index contributed by atoms with van der Waals surface area (Å²) in [6.45, 7) is 1.26. The van der Waals surface area contributed by atoms with E-state index in [1.807, 2.05) is 0 Å². The Morgan fingerprint density at radius 2 is 2.06 bits per heavy atom. The molecule has 1 aromatic rings. The topological polar surface area (TPSA) is 58.6 Å². The monoisotopic (exact) mass is 263 g/mol. The summed E-state index contributed by atoms with van der Waals surface area (Å²) in [6, 6.07) is 2.16. The number of carbonyl (C=O) groups is 1. The predicted octanol–water partition coefficient (Wildman–Crippen LogP) is 2.60. The second kappa shape index (κ2) is 5.16. The van der Waals surface area contributed by atoms with Crippen molar-refractivity contribution in [1.29, 1.82) is 0 Å². The standard InChI is InChI=1S/C11H12F3NO3/c1-6(10(16)17)15-9-4-3-7(18-2)5-8(9)11(12,13)14/h3-6,15H,1-2H3,(H,16,17). The molecule has 0 aliphatic heterocycles. The Labute approximate surface area is 101 Å². The molecule has 18 heavy (non-hydrogen) atoms. The van der Waals surface area contributed by atoms with Crippen LogP contribution in [0, 0.1) is 0 Å². The highest BCUT2D eigenvalue weighted by atomic mass is 19.4. The Morgan fingerprint density at radius 3 is 2.50 bits per heavy atom. The number of carboxylic acid groups (broad SMARTS) is 1. The summed E-state index contributed by atoms with van der Waals surface area (Å²) in [5.41, 5.74) is -1.26. The van der Waals surface area contributed by atoms with Crippen molar-refractivity contribution in [2.24, 2.45) is 0 Å².